The summed E-state index contributed by atoms with van der Waals surface area (Å²) >= 11 is 0. The molecule has 2 aromatic rings. The number of benzene rings is 2. The number of hydrogen-bond donors (Lipinski definition) is 0. The Morgan fingerprint density at radius 2 is 1.00 bits per heavy atom. The van der Waals surface area contributed by atoms with Crippen molar-refractivity contribution < 1.29 is 9.47 Å². The molecule has 26 heavy (non-hydrogen) atoms. The highest BCUT2D eigenvalue weighted by Gasteiger charge is 1.93. The highest BCUT2D eigenvalue weighted by molar-refractivity contribution is 5.80. The molecule has 0 aromatic heterocycles. The second-order valence-electron chi connectivity index (χ2n) is 6.03. The van der Waals surface area contributed by atoms with Gasteiger partial charge in [0.25, 0.3) is 0 Å². The van der Waals surface area contributed by atoms with Crippen molar-refractivity contribution in [2.45, 2.75) is 25.7 Å². The smallest absolute Gasteiger partial charge is 0.118 e. The van der Waals surface area contributed by atoms with Gasteiger partial charge in [-0.1, -0.05) is 12.8 Å². The van der Waals surface area contributed by atoms with Crippen LogP contribution in [-0.4, -0.2) is 39.7 Å². The number of nitrogens with zero attached hydrogens (tertiary/aromatic N) is 2. The monoisotopic (exact) mass is 352 g/mol. The van der Waals surface area contributed by atoms with E-state index in [0.29, 0.717) is 0 Å². The van der Waals surface area contributed by atoms with Crippen LogP contribution in [0.3, 0.4) is 0 Å². The Morgan fingerprint density at radius 3 is 1.35 bits per heavy atom. The van der Waals surface area contributed by atoms with E-state index in [9.17, 15) is 0 Å². The predicted molar refractivity (Wildman–Crippen MR) is 109 cm³/mol. The highest BCUT2D eigenvalue weighted by Crippen LogP contribution is 2.11. The fraction of sp³-hybridized carbons (Fsp3) is 0.364. The molecule has 0 bridgehead atoms. The van der Waals surface area contributed by atoms with E-state index in [1.54, 1.807) is 14.2 Å². The molecule has 0 saturated heterocycles. The van der Waals surface area contributed by atoms with E-state index in [-0.39, 0.29) is 0 Å². The zero-order chi connectivity index (χ0) is 18.5. The number of rotatable bonds is 11. The Bertz CT molecular complexity index is 615. The van der Waals surface area contributed by atoms with Gasteiger partial charge >= 0.3 is 0 Å². The molecule has 0 radical (unpaired) electrons. The Morgan fingerprint density at radius 1 is 0.615 bits per heavy atom. The van der Waals surface area contributed by atoms with Crippen LogP contribution in [0.25, 0.3) is 0 Å². The van der Waals surface area contributed by atoms with Crippen LogP contribution in [0.2, 0.25) is 0 Å². The molecule has 0 N–H and O–H groups in total. The van der Waals surface area contributed by atoms with Crippen LogP contribution in [-0.2, 0) is 0 Å². The van der Waals surface area contributed by atoms with Gasteiger partial charge in [-0.2, -0.15) is 0 Å². The molecule has 138 valence electrons. The van der Waals surface area contributed by atoms with Crippen molar-refractivity contribution in [2.75, 3.05) is 27.3 Å². The van der Waals surface area contributed by atoms with Crippen LogP contribution in [0.5, 0.6) is 11.5 Å². The fourth-order valence-corrected chi connectivity index (χ4v) is 2.48. The largest absolute Gasteiger partial charge is 0.497 e. The van der Waals surface area contributed by atoms with Gasteiger partial charge in [-0.3, -0.25) is 9.98 Å². The predicted octanol–water partition coefficient (Wildman–Crippen LogP) is 4.80. The van der Waals surface area contributed by atoms with Crippen LogP contribution in [0.1, 0.15) is 36.8 Å². The van der Waals surface area contributed by atoms with Gasteiger partial charge in [0.05, 0.1) is 14.2 Å². The van der Waals surface area contributed by atoms with E-state index < -0.39 is 0 Å². The van der Waals surface area contributed by atoms with E-state index in [1.807, 2.05) is 61.0 Å². The third-order valence-corrected chi connectivity index (χ3v) is 4.04. The molecular weight excluding hydrogens is 324 g/mol. The summed E-state index contributed by atoms with van der Waals surface area (Å²) in [4.78, 5) is 8.96. The summed E-state index contributed by atoms with van der Waals surface area (Å²) in [5.41, 5.74) is 2.22. The van der Waals surface area contributed by atoms with Crippen LogP contribution < -0.4 is 9.47 Å². The summed E-state index contributed by atoms with van der Waals surface area (Å²) in [6.07, 6.45) is 8.48. The van der Waals surface area contributed by atoms with Crippen molar-refractivity contribution in [2.24, 2.45) is 9.98 Å². The van der Waals surface area contributed by atoms with Gasteiger partial charge < -0.3 is 9.47 Å². The lowest BCUT2D eigenvalue weighted by molar-refractivity contribution is 0.414. The zero-order valence-electron chi connectivity index (χ0n) is 15.7. The number of methoxy groups -OCH3 is 2. The van der Waals surface area contributed by atoms with Crippen molar-refractivity contribution >= 4 is 12.4 Å². The molecule has 0 aliphatic rings. The van der Waals surface area contributed by atoms with Crippen molar-refractivity contribution in [3.05, 3.63) is 59.7 Å². The average Bonchev–Trinajstić information content (AvgIpc) is 2.70. The second kappa shape index (κ2) is 11.9. The summed E-state index contributed by atoms with van der Waals surface area (Å²) in [5, 5.41) is 0. The quantitative estimate of drug-likeness (QED) is 0.430. The third-order valence-electron chi connectivity index (χ3n) is 4.04. The molecule has 0 saturated carbocycles. The van der Waals surface area contributed by atoms with Crippen molar-refractivity contribution in [3.63, 3.8) is 0 Å². The number of hydrogen-bond acceptors (Lipinski definition) is 4. The van der Waals surface area contributed by atoms with Gasteiger partial charge in [-0.05, 0) is 72.5 Å². The van der Waals surface area contributed by atoms with Crippen LogP contribution in [0.4, 0.5) is 0 Å². The normalized spacial score (nSPS) is 11.3. The first-order valence-corrected chi connectivity index (χ1v) is 9.09. The minimum absolute atomic E-state index is 0.872. The molecule has 2 aromatic carbocycles. The molecule has 0 unspecified atom stereocenters. The standard InChI is InChI=1S/C22H28N2O2/c1-25-21-11-7-19(8-12-21)17-23-15-5-3-4-6-16-24-18-20-9-13-22(26-2)14-10-20/h7-14,17-18H,3-6,15-16H2,1-2H3. The number of aliphatic imine (C=N–C) groups is 2. The lowest BCUT2D eigenvalue weighted by Gasteiger charge is -2.00. The maximum absolute atomic E-state index is 5.14. The molecule has 0 spiro atoms. The number of ether oxygens (including phenoxy) is 2. The Kier molecular flexibility index (Phi) is 8.98. The molecule has 0 aliphatic heterocycles. The van der Waals surface area contributed by atoms with Crippen LogP contribution >= 0.6 is 0 Å². The van der Waals surface area contributed by atoms with Crippen molar-refractivity contribution in [1.82, 2.24) is 0 Å². The topological polar surface area (TPSA) is 43.2 Å². The molecule has 0 fully saturated rings. The SMILES string of the molecule is COc1ccc(C=NCCCCCCN=Cc2ccc(OC)cc2)cc1. The molecular formula is C22H28N2O2. The van der Waals surface area contributed by atoms with E-state index in [2.05, 4.69) is 9.98 Å². The second-order valence-corrected chi connectivity index (χ2v) is 6.03. The van der Waals surface area contributed by atoms with Gasteiger partial charge in [0, 0.05) is 25.5 Å². The first kappa shape index (κ1) is 19.7. The maximum atomic E-state index is 5.14. The van der Waals surface area contributed by atoms with E-state index in [1.165, 1.54) is 12.8 Å². The van der Waals surface area contributed by atoms with Gasteiger partial charge in [-0.15, -0.1) is 0 Å². The van der Waals surface area contributed by atoms with E-state index in [4.69, 9.17) is 9.47 Å². The number of unbranched alkanes of at least 4 members (excludes halogenated alkanes) is 3. The first-order chi connectivity index (χ1) is 12.8. The lowest BCUT2D eigenvalue weighted by atomic mass is 10.2. The average molecular weight is 352 g/mol. The molecule has 0 amide bonds. The van der Waals surface area contributed by atoms with E-state index >= 15 is 0 Å². The van der Waals surface area contributed by atoms with Crippen LogP contribution in [0.15, 0.2) is 58.5 Å². The molecule has 4 nitrogen and oxygen atoms in total. The molecule has 0 heterocycles. The maximum Gasteiger partial charge on any atom is 0.118 e. The zero-order valence-corrected chi connectivity index (χ0v) is 15.7. The minimum atomic E-state index is 0.872. The first-order valence-electron chi connectivity index (χ1n) is 9.09. The summed E-state index contributed by atoms with van der Waals surface area (Å²) in [6.45, 7) is 1.75. The summed E-state index contributed by atoms with van der Waals surface area (Å²) in [5.74, 6) is 1.74. The van der Waals surface area contributed by atoms with Crippen LogP contribution in [0, 0.1) is 0 Å². The summed E-state index contributed by atoms with van der Waals surface area (Å²) in [7, 11) is 3.35. The van der Waals surface area contributed by atoms with Crippen molar-refractivity contribution in [1.29, 1.82) is 0 Å². The highest BCUT2D eigenvalue weighted by atomic mass is 16.5. The van der Waals surface area contributed by atoms with Gasteiger partial charge in [0.2, 0.25) is 0 Å². The minimum Gasteiger partial charge on any atom is -0.497 e. The molecule has 4 heteroatoms. The van der Waals surface area contributed by atoms with Gasteiger partial charge in [0.15, 0.2) is 0 Å². The molecule has 2 rings (SSSR count). The molecule has 0 aliphatic carbocycles. The van der Waals surface area contributed by atoms with Gasteiger partial charge in [-0.25, -0.2) is 0 Å². The Labute approximate surface area is 156 Å². The fourth-order valence-electron chi connectivity index (χ4n) is 2.48. The molecule has 0 atom stereocenters. The summed E-state index contributed by atoms with van der Waals surface area (Å²) in [6, 6.07) is 15.9. The van der Waals surface area contributed by atoms with Gasteiger partial charge in [0.1, 0.15) is 11.5 Å². The lowest BCUT2D eigenvalue weighted by Crippen LogP contribution is -1.89. The summed E-state index contributed by atoms with van der Waals surface area (Å²) < 4.78 is 10.3. The Balaban J connectivity index is 1.52. The Hall–Kier alpha value is -2.62. The third kappa shape index (κ3) is 7.51. The van der Waals surface area contributed by atoms with Crippen molar-refractivity contribution in [3.8, 4) is 11.5 Å². The van der Waals surface area contributed by atoms with E-state index in [0.717, 1.165) is 48.6 Å².